The molecule has 1 unspecified atom stereocenters. The summed E-state index contributed by atoms with van der Waals surface area (Å²) in [7, 11) is 0. The monoisotopic (exact) mass is 543 g/mol. The van der Waals surface area contributed by atoms with Gasteiger partial charge in [-0.05, 0) is 79.5 Å². The number of Topliss-reactive ketones (excluding diaryl/α,β-unsaturated/α-hetero) is 1. The second-order valence-electron chi connectivity index (χ2n) is 11.1. The molecular weight excluding hydrogens is 509 g/mol. The van der Waals surface area contributed by atoms with Crippen LogP contribution < -0.4 is 4.74 Å². The van der Waals surface area contributed by atoms with Crippen LogP contribution in [-0.2, 0) is 17.8 Å². The molecule has 1 atom stereocenters. The summed E-state index contributed by atoms with van der Waals surface area (Å²) in [5.74, 6) is 1.74. The lowest BCUT2D eigenvalue weighted by Gasteiger charge is -2.32. The van der Waals surface area contributed by atoms with Gasteiger partial charge in [-0.15, -0.1) is 11.3 Å². The van der Waals surface area contributed by atoms with E-state index in [0.717, 1.165) is 52.6 Å². The van der Waals surface area contributed by atoms with Crippen LogP contribution in [0.5, 0.6) is 11.5 Å². The molecule has 1 saturated carbocycles. The minimum absolute atomic E-state index is 0.140. The van der Waals surface area contributed by atoms with Gasteiger partial charge >= 0.3 is 0 Å². The van der Waals surface area contributed by atoms with Crippen LogP contribution >= 0.6 is 11.3 Å². The van der Waals surface area contributed by atoms with Crippen molar-refractivity contribution < 1.29 is 13.9 Å². The Morgan fingerprint density at radius 1 is 1.05 bits per heavy atom. The maximum atomic E-state index is 14.9. The van der Waals surface area contributed by atoms with E-state index in [0.29, 0.717) is 23.7 Å². The van der Waals surface area contributed by atoms with Gasteiger partial charge in [0.25, 0.3) is 0 Å². The van der Waals surface area contributed by atoms with Crippen molar-refractivity contribution in [2.45, 2.75) is 58.4 Å². The van der Waals surface area contributed by atoms with Crippen LogP contribution in [0.1, 0.15) is 56.6 Å². The fourth-order valence-electron chi connectivity index (χ4n) is 5.47. The number of hydrogen-bond donors (Lipinski definition) is 0. The number of rotatable bonds is 10. The number of fused-ring (bicyclic) bond motifs is 1. The number of pyridine rings is 2. The van der Waals surface area contributed by atoms with E-state index in [2.05, 4.69) is 28.9 Å². The topological polar surface area (TPSA) is 55.3 Å². The zero-order valence-corrected chi connectivity index (χ0v) is 23.2. The highest BCUT2D eigenvalue weighted by atomic mass is 32.1. The number of likely N-dealkylation sites (tertiary alicyclic amines) is 1. The number of halogens is 1. The fourth-order valence-corrected chi connectivity index (χ4v) is 6.51. The molecule has 5 nitrogen and oxygen atoms in total. The van der Waals surface area contributed by atoms with Gasteiger partial charge in [-0.3, -0.25) is 19.7 Å². The van der Waals surface area contributed by atoms with Gasteiger partial charge < -0.3 is 4.74 Å². The minimum Gasteiger partial charge on any atom is -0.453 e. The average molecular weight is 544 g/mol. The van der Waals surface area contributed by atoms with Crippen LogP contribution in [0.25, 0.3) is 20.8 Å². The minimum atomic E-state index is -0.468. The molecule has 4 heterocycles. The number of benzene rings is 1. The third kappa shape index (κ3) is 6.36. The standard InChI is InChI=1S/C32H34FN3O2S/c1-2-21-4-3-13-36(19-21)20-24-7-9-27(35-18-24)31-17-28-32(39-31)30(11-12-34-28)38-29-10-8-23(16-26(29)33)15-25(37)14-22-5-6-22/h7-12,16-18,21-22H,2-6,13-15,19-20H2,1H3. The quantitative estimate of drug-likeness (QED) is 0.204. The van der Waals surface area contributed by atoms with Gasteiger partial charge in [0, 0.05) is 44.4 Å². The van der Waals surface area contributed by atoms with Crippen molar-refractivity contribution in [2.24, 2.45) is 11.8 Å². The Hall–Kier alpha value is -3.16. The number of carbonyl (C=O) groups excluding carboxylic acids is 1. The SMILES string of the molecule is CCC1CCCN(Cc2ccc(-c3cc4nccc(Oc5ccc(CC(=O)CC6CC6)cc5F)c4s3)nc2)C1. The Morgan fingerprint density at radius 3 is 2.69 bits per heavy atom. The summed E-state index contributed by atoms with van der Waals surface area (Å²) in [6.45, 7) is 5.55. The van der Waals surface area contributed by atoms with Gasteiger partial charge in [-0.2, -0.15) is 0 Å². The molecule has 0 bridgehead atoms. The van der Waals surface area contributed by atoms with Crippen LogP contribution in [0.15, 0.2) is 54.9 Å². The van der Waals surface area contributed by atoms with E-state index < -0.39 is 5.82 Å². The second-order valence-corrected chi connectivity index (χ2v) is 12.1. The van der Waals surface area contributed by atoms with E-state index in [4.69, 9.17) is 9.72 Å². The normalized spacial score (nSPS) is 17.9. The molecule has 3 aromatic heterocycles. The first-order valence-corrected chi connectivity index (χ1v) is 14.9. The van der Waals surface area contributed by atoms with E-state index in [1.165, 1.54) is 37.4 Å². The molecule has 2 aliphatic rings. The number of ketones is 1. The number of hydrogen-bond acceptors (Lipinski definition) is 6. The summed E-state index contributed by atoms with van der Waals surface area (Å²) in [6, 6.07) is 12.8. The molecule has 1 aliphatic carbocycles. The summed E-state index contributed by atoms with van der Waals surface area (Å²) >= 11 is 1.54. The zero-order valence-electron chi connectivity index (χ0n) is 22.4. The third-order valence-corrected chi connectivity index (χ3v) is 9.03. The van der Waals surface area contributed by atoms with E-state index in [9.17, 15) is 9.18 Å². The molecule has 2 fully saturated rings. The largest absolute Gasteiger partial charge is 0.453 e. The highest BCUT2D eigenvalue weighted by Crippen LogP contribution is 2.39. The van der Waals surface area contributed by atoms with Crippen molar-refractivity contribution in [3.8, 4) is 22.1 Å². The molecule has 1 saturated heterocycles. The fraction of sp³-hybridized carbons (Fsp3) is 0.406. The molecule has 202 valence electrons. The van der Waals surface area contributed by atoms with Crippen molar-refractivity contribution in [3.05, 3.63) is 71.8 Å². The Kier molecular flexibility index (Phi) is 7.71. The van der Waals surface area contributed by atoms with Crippen molar-refractivity contribution in [1.29, 1.82) is 0 Å². The lowest BCUT2D eigenvalue weighted by Crippen LogP contribution is -2.34. The van der Waals surface area contributed by atoms with Crippen LogP contribution in [-0.4, -0.2) is 33.7 Å². The van der Waals surface area contributed by atoms with E-state index in [1.807, 2.05) is 12.3 Å². The predicted molar refractivity (Wildman–Crippen MR) is 154 cm³/mol. The summed E-state index contributed by atoms with van der Waals surface area (Å²) in [4.78, 5) is 25.0. The molecule has 7 heteroatoms. The van der Waals surface area contributed by atoms with Crippen molar-refractivity contribution >= 4 is 27.3 Å². The number of nitrogens with zero attached hydrogens (tertiary/aromatic N) is 3. The molecule has 6 rings (SSSR count). The molecule has 1 aliphatic heterocycles. The van der Waals surface area contributed by atoms with Gasteiger partial charge in [-0.25, -0.2) is 4.39 Å². The number of aromatic nitrogens is 2. The smallest absolute Gasteiger partial charge is 0.166 e. The first-order chi connectivity index (χ1) is 19.0. The Labute approximate surface area is 233 Å². The Bertz CT molecular complexity index is 1460. The second kappa shape index (κ2) is 11.5. The Balaban J connectivity index is 1.15. The highest BCUT2D eigenvalue weighted by molar-refractivity contribution is 7.22. The van der Waals surface area contributed by atoms with Crippen LogP contribution in [0.2, 0.25) is 0 Å². The summed E-state index contributed by atoms with van der Waals surface area (Å²) in [5, 5.41) is 0. The van der Waals surface area contributed by atoms with Gasteiger partial charge in [0.05, 0.1) is 20.8 Å². The number of thiophene rings is 1. The van der Waals surface area contributed by atoms with Gasteiger partial charge in [0.1, 0.15) is 11.5 Å². The van der Waals surface area contributed by atoms with Crippen LogP contribution in [0.3, 0.4) is 0 Å². The van der Waals surface area contributed by atoms with Crippen molar-refractivity contribution in [3.63, 3.8) is 0 Å². The summed E-state index contributed by atoms with van der Waals surface area (Å²) in [5.41, 5.74) is 3.60. The molecule has 4 aromatic rings. The molecule has 0 spiro atoms. The van der Waals surface area contributed by atoms with E-state index in [-0.39, 0.29) is 18.0 Å². The zero-order chi connectivity index (χ0) is 26.8. The first-order valence-electron chi connectivity index (χ1n) is 14.1. The van der Waals surface area contributed by atoms with Crippen LogP contribution in [0, 0.1) is 17.7 Å². The number of ether oxygens (including phenoxy) is 1. The maximum absolute atomic E-state index is 14.9. The average Bonchev–Trinajstić information content (AvgIpc) is 3.64. The number of piperidine rings is 1. The molecule has 1 aromatic carbocycles. The summed E-state index contributed by atoms with van der Waals surface area (Å²) in [6.07, 6.45) is 10.7. The van der Waals surface area contributed by atoms with E-state index >= 15 is 0 Å². The molecule has 0 radical (unpaired) electrons. The van der Waals surface area contributed by atoms with Gasteiger partial charge in [0.15, 0.2) is 11.6 Å². The molecular formula is C32H34FN3O2S. The predicted octanol–water partition coefficient (Wildman–Crippen LogP) is 7.82. The first kappa shape index (κ1) is 26.1. The van der Waals surface area contributed by atoms with Crippen molar-refractivity contribution in [2.75, 3.05) is 13.1 Å². The maximum Gasteiger partial charge on any atom is 0.166 e. The molecule has 39 heavy (non-hydrogen) atoms. The van der Waals surface area contributed by atoms with E-state index in [1.54, 1.807) is 35.7 Å². The summed E-state index contributed by atoms with van der Waals surface area (Å²) < 4.78 is 21.8. The lowest BCUT2D eigenvalue weighted by molar-refractivity contribution is -0.118. The number of carbonyl (C=O) groups is 1. The Morgan fingerprint density at radius 2 is 1.92 bits per heavy atom. The van der Waals surface area contributed by atoms with Crippen LogP contribution in [0.4, 0.5) is 4.39 Å². The lowest BCUT2D eigenvalue weighted by atomic mass is 9.95. The van der Waals surface area contributed by atoms with Gasteiger partial charge in [-0.1, -0.05) is 25.5 Å². The third-order valence-electron chi connectivity index (χ3n) is 7.87. The van der Waals surface area contributed by atoms with Gasteiger partial charge in [0.2, 0.25) is 0 Å². The highest BCUT2D eigenvalue weighted by Gasteiger charge is 2.24. The molecule has 0 N–H and O–H groups in total. The van der Waals surface area contributed by atoms with Crippen molar-refractivity contribution in [1.82, 2.24) is 14.9 Å². The molecule has 0 amide bonds.